The van der Waals surface area contributed by atoms with Crippen LogP contribution >= 0.6 is 0 Å². The predicted octanol–water partition coefficient (Wildman–Crippen LogP) is 2.38. The third kappa shape index (κ3) is 5.20. The molecule has 0 spiro atoms. The molecule has 0 aromatic carbocycles. The van der Waals surface area contributed by atoms with Gasteiger partial charge in [-0.3, -0.25) is 9.69 Å². The highest BCUT2D eigenvalue weighted by Crippen LogP contribution is 2.27. The molecule has 0 unspecified atom stereocenters. The molecule has 2 rings (SSSR count). The second kappa shape index (κ2) is 7.26. The van der Waals surface area contributed by atoms with Crippen LogP contribution in [0.3, 0.4) is 0 Å². The van der Waals surface area contributed by atoms with Crippen LogP contribution < -0.4 is 0 Å². The van der Waals surface area contributed by atoms with Crippen molar-refractivity contribution >= 4 is 18.0 Å². The number of likely N-dealkylation sites (tertiary alicyclic amines) is 1. The molecule has 0 saturated carbocycles. The van der Waals surface area contributed by atoms with Crippen molar-refractivity contribution in [3.8, 4) is 0 Å². The SMILES string of the molecule is CC(C)(C)OC(=O)[C@@H]1CCC(=O)N1[C@@H]1C=CCN(C(=O)OC(C)(C)C)O1. The van der Waals surface area contributed by atoms with Crippen LogP contribution in [0.15, 0.2) is 12.2 Å². The molecular weight excluding hydrogens is 340 g/mol. The zero-order valence-electron chi connectivity index (χ0n) is 16.3. The van der Waals surface area contributed by atoms with E-state index < -0.39 is 35.5 Å². The number of esters is 1. The predicted molar refractivity (Wildman–Crippen MR) is 92.7 cm³/mol. The van der Waals surface area contributed by atoms with E-state index in [-0.39, 0.29) is 18.9 Å². The molecule has 2 aliphatic heterocycles. The lowest BCUT2D eigenvalue weighted by atomic mass is 10.1. The Hall–Kier alpha value is -2.09. The average Bonchev–Trinajstić information content (AvgIpc) is 2.86. The van der Waals surface area contributed by atoms with Gasteiger partial charge in [0.25, 0.3) is 0 Å². The molecule has 1 saturated heterocycles. The molecule has 0 aromatic rings. The molecule has 2 amide bonds. The lowest BCUT2D eigenvalue weighted by Gasteiger charge is -2.36. The summed E-state index contributed by atoms with van der Waals surface area (Å²) in [5.74, 6) is -0.698. The smallest absolute Gasteiger partial charge is 0.434 e. The Morgan fingerprint density at radius 1 is 1.12 bits per heavy atom. The van der Waals surface area contributed by atoms with E-state index >= 15 is 0 Å². The summed E-state index contributed by atoms with van der Waals surface area (Å²) in [7, 11) is 0. The molecular formula is C18H28N2O6. The van der Waals surface area contributed by atoms with E-state index in [1.54, 1.807) is 53.7 Å². The number of carbonyl (C=O) groups is 3. The zero-order valence-corrected chi connectivity index (χ0v) is 16.3. The Morgan fingerprint density at radius 3 is 2.31 bits per heavy atom. The molecule has 0 aliphatic carbocycles. The van der Waals surface area contributed by atoms with Gasteiger partial charge < -0.3 is 9.47 Å². The molecule has 0 bridgehead atoms. The summed E-state index contributed by atoms with van der Waals surface area (Å²) >= 11 is 0. The van der Waals surface area contributed by atoms with Gasteiger partial charge in [-0.05, 0) is 54.0 Å². The highest BCUT2D eigenvalue weighted by atomic mass is 16.7. The highest BCUT2D eigenvalue weighted by Gasteiger charge is 2.44. The van der Waals surface area contributed by atoms with Crippen molar-refractivity contribution < 1.29 is 28.7 Å². The summed E-state index contributed by atoms with van der Waals surface area (Å²) < 4.78 is 10.7. The molecule has 1 fully saturated rings. The van der Waals surface area contributed by atoms with Gasteiger partial charge in [-0.1, -0.05) is 6.08 Å². The standard InChI is InChI=1S/C18H28N2O6/c1-17(2,3)24-15(22)12-9-10-13(21)20(12)14-8-7-11-19(26-14)16(23)25-18(4,5)6/h7-8,12,14H,9-11H2,1-6H3/t12-,14-/m0/s1. The van der Waals surface area contributed by atoms with E-state index in [9.17, 15) is 14.4 Å². The van der Waals surface area contributed by atoms with Crippen LogP contribution in [0, 0.1) is 0 Å². The van der Waals surface area contributed by atoms with Crippen molar-refractivity contribution in [2.24, 2.45) is 0 Å². The molecule has 2 atom stereocenters. The second-order valence-electron chi connectivity index (χ2n) is 8.35. The molecule has 8 nitrogen and oxygen atoms in total. The van der Waals surface area contributed by atoms with Crippen LogP contribution in [0.25, 0.3) is 0 Å². The van der Waals surface area contributed by atoms with E-state index in [2.05, 4.69) is 0 Å². The first-order chi connectivity index (χ1) is 11.9. The van der Waals surface area contributed by atoms with E-state index in [4.69, 9.17) is 14.3 Å². The maximum Gasteiger partial charge on any atom is 0.434 e. The average molecular weight is 368 g/mol. The zero-order chi connectivity index (χ0) is 19.7. The summed E-state index contributed by atoms with van der Waals surface area (Å²) in [5.41, 5.74) is -1.32. The molecule has 0 aromatic heterocycles. The molecule has 0 N–H and O–H groups in total. The number of amides is 2. The largest absolute Gasteiger partial charge is 0.458 e. The van der Waals surface area contributed by atoms with Crippen LogP contribution in [0.5, 0.6) is 0 Å². The summed E-state index contributed by atoms with van der Waals surface area (Å²) in [4.78, 5) is 44.0. The fourth-order valence-corrected chi connectivity index (χ4v) is 2.68. The van der Waals surface area contributed by atoms with Crippen LogP contribution in [0.4, 0.5) is 4.79 Å². The Labute approximate surface area is 154 Å². The maximum atomic E-state index is 12.5. The first kappa shape index (κ1) is 20.2. The highest BCUT2D eigenvalue weighted by molar-refractivity contribution is 5.88. The Balaban J connectivity index is 2.11. The number of ether oxygens (including phenoxy) is 2. The Kier molecular flexibility index (Phi) is 5.65. The minimum absolute atomic E-state index is 0.199. The van der Waals surface area contributed by atoms with Crippen molar-refractivity contribution in [1.29, 1.82) is 0 Å². The fraction of sp³-hybridized carbons (Fsp3) is 0.722. The van der Waals surface area contributed by atoms with Gasteiger partial charge >= 0.3 is 12.1 Å². The van der Waals surface area contributed by atoms with Crippen molar-refractivity contribution in [3.05, 3.63) is 12.2 Å². The normalized spacial score (nSPS) is 24.0. The van der Waals surface area contributed by atoms with E-state index in [0.29, 0.717) is 6.42 Å². The number of hydrogen-bond donors (Lipinski definition) is 0. The summed E-state index contributed by atoms with van der Waals surface area (Å²) in [6.07, 6.45) is 2.44. The van der Waals surface area contributed by atoms with E-state index in [0.717, 1.165) is 5.06 Å². The van der Waals surface area contributed by atoms with Crippen LogP contribution in [0.2, 0.25) is 0 Å². The quantitative estimate of drug-likeness (QED) is 0.549. The molecule has 0 radical (unpaired) electrons. The first-order valence-corrected chi connectivity index (χ1v) is 8.75. The van der Waals surface area contributed by atoms with Crippen molar-refractivity contribution in [1.82, 2.24) is 9.96 Å². The van der Waals surface area contributed by atoms with Gasteiger partial charge in [-0.25, -0.2) is 14.4 Å². The minimum atomic E-state index is -0.858. The summed E-state index contributed by atoms with van der Waals surface area (Å²) in [6, 6.07) is -0.741. The molecule has 146 valence electrons. The van der Waals surface area contributed by atoms with E-state index in [1.807, 2.05) is 0 Å². The van der Waals surface area contributed by atoms with Gasteiger partial charge in [-0.15, -0.1) is 0 Å². The van der Waals surface area contributed by atoms with E-state index in [1.165, 1.54) is 4.90 Å². The first-order valence-electron chi connectivity index (χ1n) is 8.75. The van der Waals surface area contributed by atoms with Crippen LogP contribution in [0.1, 0.15) is 54.4 Å². The van der Waals surface area contributed by atoms with Crippen molar-refractivity contribution in [2.45, 2.75) is 77.9 Å². The monoisotopic (exact) mass is 368 g/mol. The third-order valence-electron chi connectivity index (χ3n) is 3.61. The maximum absolute atomic E-state index is 12.5. The van der Waals surface area contributed by atoms with Gasteiger partial charge in [0.05, 0.1) is 6.54 Å². The number of hydroxylamine groups is 2. The van der Waals surface area contributed by atoms with Gasteiger partial charge in [0.1, 0.15) is 17.2 Å². The van der Waals surface area contributed by atoms with Gasteiger partial charge in [0.2, 0.25) is 5.91 Å². The van der Waals surface area contributed by atoms with Gasteiger partial charge in [0.15, 0.2) is 6.23 Å². The summed E-state index contributed by atoms with van der Waals surface area (Å²) in [6.45, 7) is 10.8. The minimum Gasteiger partial charge on any atom is -0.458 e. The van der Waals surface area contributed by atoms with Crippen molar-refractivity contribution in [3.63, 3.8) is 0 Å². The number of nitrogens with zero attached hydrogens (tertiary/aromatic N) is 2. The molecule has 8 heteroatoms. The fourth-order valence-electron chi connectivity index (χ4n) is 2.68. The summed E-state index contributed by atoms with van der Waals surface area (Å²) in [5, 5.41) is 1.05. The van der Waals surface area contributed by atoms with Gasteiger partial charge in [0, 0.05) is 6.42 Å². The van der Waals surface area contributed by atoms with Crippen molar-refractivity contribution in [2.75, 3.05) is 6.54 Å². The number of carbonyl (C=O) groups excluding carboxylic acids is 3. The van der Waals surface area contributed by atoms with Crippen LogP contribution in [-0.2, 0) is 23.9 Å². The number of rotatable bonds is 2. The Morgan fingerprint density at radius 2 is 1.73 bits per heavy atom. The molecule has 2 aliphatic rings. The van der Waals surface area contributed by atoms with Crippen LogP contribution in [-0.4, -0.2) is 57.9 Å². The third-order valence-corrected chi connectivity index (χ3v) is 3.61. The lowest BCUT2D eigenvalue weighted by Crippen LogP contribution is -2.52. The molecule has 2 heterocycles. The van der Waals surface area contributed by atoms with Gasteiger partial charge in [-0.2, -0.15) is 5.06 Å². The Bertz CT molecular complexity index is 602. The topological polar surface area (TPSA) is 85.4 Å². The second-order valence-corrected chi connectivity index (χ2v) is 8.35. The molecule has 26 heavy (non-hydrogen) atoms. The number of hydrogen-bond acceptors (Lipinski definition) is 6. The lowest BCUT2D eigenvalue weighted by molar-refractivity contribution is -0.215.